The maximum Gasteiger partial charge on any atom is 0.188 e. The highest BCUT2D eigenvalue weighted by Gasteiger charge is 2.36. The second-order valence-electron chi connectivity index (χ2n) is 12.1. The van der Waals surface area contributed by atoms with Crippen LogP contribution in [0, 0.1) is 13.1 Å². The number of hydrogen-bond donors (Lipinski definition) is 0. The van der Waals surface area contributed by atoms with Gasteiger partial charge in [0.1, 0.15) is 0 Å². The third-order valence-corrected chi connectivity index (χ3v) is 9.21. The minimum atomic E-state index is -0.0831. The summed E-state index contributed by atoms with van der Waals surface area (Å²) in [7, 11) is 0. The van der Waals surface area contributed by atoms with Gasteiger partial charge in [0, 0.05) is 16.8 Å². The molecule has 0 bridgehead atoms. The van der Waals surface area contributed by atoms with Gasteiger partial charge >= 0.3 is 0 Å². The van der Waals surface area contributed by atoms with Crippen molar-refractivity contribution in [3.8, 4) is 16.8 Å². The Labute approximate surface area is 262 Å². The largest absolute Gasteiger partial charge is 0.310 e. The Morgan fingerprint density at radius 2 is 0.956 bits per heavy atom. The van der Waals surface area contributed by atoms with E-state index in [1.165, 1.54) is 22.5 Å². The Kier molecular flexibility index (Phi) is 5.88. The Balaban J connectivity index is 1.17. The Hall–Kier alpha value is -6.10. The van der Waals surface area contributed by atoms with E-state index < -0.39 is 0 Å². The van der Waals surface area contributed by atoms with Crippen LogP contribution in [0.3, 0.4) is 0 Å². The van der Waals surface area contributed by atoms with Crippen molar-refractivity contribution < 1.29 is 0 Å². The molecule has 0 spiro atoms. The fourth-order valence-corrected chi connectivity index (χ4v) is 6.97. The zero-order valence-electron chi connectivity index (χ0n) is 25.0. The summed E-state index contributed by atoms with van der Waals surface area (Å²) in [5.74, 6) is 0. The van der Waals surface area contributed by atoms with Crippen molar-refractivity contribution in [2.75, 3.05) is 4.90 Å². The van der Waals surface area contributed by atoms with Crippen LogP contribution in [0.4, 0.5) is 28.4 Å². The second kappa shape index (κ2) is 9.98. The molecule has 0 fully saturated rings. The van der Waals surface area contributed by atoms with E-state index in [9.17, 15) is 0 Å². The summed E-state index contributed by atoms with van der Waals surface area (Å²) in [5, 5.41) is 1.96. The lowest BCUT2D eigenvalue weighted by molar-refractivity contribution is 0.632. The summed E-state index contributed by atoms with van der Waals surface area (Å²) in [6.45, 7) is 19.6. The van der Waals surface area contributed by atoms with Crippen molar-refractivity contribution in [2.24, 2.45) is 0 Å². The summed E-state index contributed by atoms with van der Waals surface area (Å²) >= 11 is 0. The Bertz CT molecular complexity index is 2240. The van der Waals surface area contributed by atoms with Gasteiger partial charge in [0.2, 0.25) is 0 Å². The molecule has 7 aromatic rings. The first kappa shape index (κ1) is 26.5. The number of aromatic nitrogens is 1. The number of hydrogen-bond acceptors (Lipinski definition) is 1. The summed E-state index contributed by atoms with van der Waals surface area (Å²) in [6, 6.07) is 46.5. The maximum atomic E-state index is 7.50. The highest BCUT2D eigenvalue weighted by atomic mass is 15.2. The molecule has 0 atom stereocenters. The lowest BCUT2D eigenvalue weighted by atomic mass is 9.73. The van der Waals surface area contributed by atoms with Crippen LogP contribution in [0.25, 0.3) is 48.3 Å². The van der Waals surface area contributed by atoms with E-state index in [1.54, 1.807) is 0 Å². The molecule has 0 unspecified atom stereocenters. The molecule has 0 radical (unpaired) electrons. The van der Waals surface area contributed by atoms with E-state index in [4.69, 9.17) is 13.1 Å². The van der Waals surface area contributed by atoms with Crippen molar-refractivity contribution in [3.63, 3.8) is 0 Å². The summed E-state index contributed by atoms with van der Waals surface area (Å²) in [6.07, 6.45) is 0. The molecule has 45 heavy (non-hydrogen) atoms. The van der Waals surface area contributed by atoms with Gasteiger partial charge in [0.15, 0.2) is 11.4 Å². The summed E-state index contributed by atoms with van der Waals surface area (Å²) < 4.78 is 2.21. The molecule has 0 saturated carbocycles. The van der Waals surface area contributed by atoms with Crippen molar-refractivity contribution in [3.05, 3.63) is 167 Å². The van der Waals surface area contributed by atoms with Crippen molar-refractivity contribution in [1.29, 1.82) is 0 Å². The Morgan fingerprint density at radius 3 is 1.42 bits per heavy atom. The highest BCUT2D eigenvalue weighted by molar-refractivity contribution is 6.11. The first-order valence-corrected chi connectivity index (χ1v) is 15.0. The third-order valence-electron chi connectivity index (χ3n) is 9.21. The van der Waals surface area contributed by atoms with Gasteiger partial charge in [-0.15, -0.1) is 0 Å². The molecule has 0 aliphatic carbocycles. The molecule has 1 aliphatic rings. The van der Waals surface area contributed by atoms with Gasteiger partial charge in [-0.25, -0.2) is 9.69 Å². The number of benzene rings is 6. The summed E-state index contributed by atoms with van der Waals surface area (Å²) in [4.78, 5) is 9.66. The maximum absolute atomic E-state index is 7.50. The number of anilines is 3. The van der Waals surface area contributed by atoms with Gasteiger partial charge < -0.3 is 9.47 Å². The van der Waals surface area contributed by atoms with E-state index in [-0.39, 0.29) is 5.41 Å². The first-order valence-electron chi connectivity index (χ1n) is 15.0. The fraction of sp³-hybridized carbons (Fsp3) is 0.0732. The SMILES string of the molecule is [C-]#[N+]c1ccc2c(c1)c1cc([N+]#[C-])ccc1n2-c1ccc(-c2ccc(N3c4ccccc4C(C)(C)c4ccccc43)cc2)cc1. The monoisotopic (exact) mass is 576 g/mol. The van der Waals surface area contributed by atoms with Gasteiger partial charge in [0.05, 0.1) is 35.6 Å². The van der Waals surface area contributed by atoms with Gasteiger partial charge in [-0.05, 0) is 93.7 Å². The zero-order chi connectivity index (χ0) is 30.7. The molecule has 0 N–H and O–H groups in total. The van der Waals surface area contributed by atoms with E-state index in [0.717, 1.165) is 44.3 Å². The summed E-state index contributed by atoms with van der Waals surface area (Å²) in [5.41, 5.74) is 12.7. The molecule has 4 nitrogen and oxygen atoms in total. The smallest absolute Gasteiger partial charge is 0.188 e. The lowest BCUT2D eigenvalue weighted by Gasteiger charge is -2.42. The number of rotatable bonds is 3. The van der Waals surface area contributed by atoms with Crippen LogP contribution in [0.1, 0.15) is 25.0 Å². The Morgan fingerprint density at radius 1 is 0.511 bits per heavy atom. The van der Waals surface area contributed by atoms with Crippen LogP contribution >= 0.6 is 0 Å². The molecule has 0 saturated heterocycles. The van der Waals surface area contributed by atoms with Crippen LogP contribution in [-0.2, 0) is 5.41 Å². The average Bonchev–Trinajstić information content (AvgIpc) is 3.41. The van der Waals surface area contributed by atoms with E-state index in [0.29, 0.717) is 11.4 Å². The fourth-order valence-electron chi connectivity index (χ4n) is 6.97. The van der Waals surface area contributed by atoms with Gasteiger partial charge in [-0.2, -0.15) is 0 Å². The van der Waals surface area contributed by atoms with Crippen LogP contribution < -0.4 is 4.90 Å². The molecule has 212 valence electrons. The van der Waals surface area contributed by atoms with Crippen LogP contribution in [0.5, 0.6) is 0 Å². The molecule has 4 heteroatoms. The number of fused-ring (bicyclic) bond motifs is 5. The molecular weight excluding hydrogens is 548 g/mol. The molecule has 1 aromatic heterocycles. The lowest BCUT2D eigenvalue weighted by Crippen LogP contribution is -2.30. The molecular formula is C41H28N4. The van der Waals surface area contributed by atoms with Gasteiger partial charge in [0.25, 0.3) is 0 Å². The van der Waals surface area contributed by atoms with Crippen LogP contribution in [0.15, 0.2) is 133 Å². The van der Waals surface area contributed by atoms with Crippen LogP contribution in [-0.4, -0.2) is 4.57 Å². The number of para-hydroxylation sites is 2. The minimum Gasteiger partial charge on any atom is -0.310 e. The predicted molar refractivity (Wildman–Crippen MR) is 186 cm³/mol. The normalized spacial score (nSPS) is 13.2. The van der Waals surface area contributed by atoms with E-state index in [2.05, 4.69) is 130 Å². The van der Waals surface area contributed by atoms with Gasteiger partial charge in [-0.3, -0.25) is 0 Å². The molecule has 1 aliphatic heterocycles. The molecule has 0 amide bonds. The van der Waals surface area contributed by atoms with Gasteiger partial charge in [-0.1, -0.05) is 86.6 Å². The zero-order valence-corrected chi connectivity index (χ0v) is 25.0. The van der Waals surface area contributed by atoms with E-state index in [1.807, 2.05) is 36.4 Å². The van der Waals surface area contributed by atoms with Crippen molar-refractivity contribution in [1.82, 2.24) is 4.57 Å². The van der Waals surface area contributed by atoms with E-state index >= 15 is 0 Å². The highest BCUT2D eigenvalue weighted by Crippen LogP contribution is 2.51. The molecule has 2 heterocycles. The number of nitrogens with zero attached hydrogens (tertiary/aromatic N) is 4. The predicted octanol–water partition coefficient (Wildman–Crippen LogP) is 11.7. The first-order chi connectivity index (χ1) is 22.0. The third kappa shape index (κ3) is 4.04. The van der Waals surface area contributed by atoms with Crippen molar-refractivity contribution >= 4 is 50.2 Å². The molecule has 8 rings (SSSR count). The van der Waals surface area contributed by atoms with Crippen molar-refractivity contribution in [2.45, 2.75) is 19.3 Å². The topological polar surface area (TPSA) is 16.9 Å². The second-order valence-corrected chi connectivity index (χ2v) is 12.1. The average molecular weight is 577 g/mol. The van der Waals surface area contributed by atoms with Crippen LogP contribution in [0.2, 0.25) is 0 Å². The molecule has 6 aromatic carbocycles. The minimum absolute atomic E-state index is 0.0831. The standard InChI is InChI=1S/C41H28N4/c1-41(2)35-9-5-7-11-39(35)45(40-12-8-6-10-36(40)41)32-21-15-28(16-22-32)27-13-19-31(20-14-27)44-37-23-17-29(42-3)25-33(37)34-26-30(43-4)18-24-38(34)44/h5-26H,1-2H3. The quantitative estimate of drug-likeness (QED) is 0.191.